The van der Waals surface area contributed by atoms with E-state index in [2.05, 4.69) is 31.0 Å². The highest BCUT2D eigenvalue weighted by Crippen LogP contribution is 2.23. The van der Waals surface area contributed by atoms with Crippen molar-refractivity contribution < 1.29 is 27.4 Å². The van der Waals surface area contributed by atoms with E-state index >= 15 is 0 Å². The molecular formula is C16H14BrF3N2O3. The van der Waals surface area contributed by atoms with E-state index in [4.69, 9.17) is 4.74 Å². The topological polar surface area (TPSA) is 60.5 Å². The summed E-state index contributed by atoms with van der Waals surface area (Å²) in [5.74, 6) is -0.0924. The van der Waals surface area contributed by atoms with Gasteiger partial charge in [0.2, 0.25) is 5.88 Å². The molecule has 0 saturated heterocycles. The Kier molecular flexibility index (Phi) is 6.24. The molecule has 5 nitrogen and oxygen atoms in total. The first-order valence-electron chi connectivity index (χ1n) is 7.05. The number of halogens is 4. The van der Waals surface area contributed by atoms with Crippen LogP contribution in [0.1, 0.15) is 15.9 Å². The lowest BCUT2D eigenvalue weighted by Crippen LogP contribution is -2.25. The Balaban J connectivity index is 2.07. The molecule has 2 aromatic rings. The highest BCUT2D eigenvalue weighted by Gasteiger charge is 2.29. The Morgan fingerprint density at radius 1 is 1.32 bits per heavy atom. The van der Waals surface area contributed by atoms with Crippen molar-refractivity contribution in [3.63, 3.8) is 0 Å². The maximum atomic E-state index is 12.3. The SMILES string of the molecule is COc1ccc(Br)c(C(=O)NCc2cccnc2OCC(F)(F)F)c1. The molecule has 9 heteroatoms. The Bertz CT molecular complexity index is 754. The van der Waals surface area contributed by atoms with Crippen LogP contribution in [-0.2, 0) is 6.54 Å². The number of methoxy groups -OCH3 is 1. The molecule has 0 radical (unpaired) electrons. The Morgan fingerprint density at radius 3 is 2.76 bits per heavy atom. The molecule has 134 valence electrons. The molecular weight excluding hydrogens is 405 g/mol. The van der Waals surface area contributed by atoms with Crippen LogP contribution in [0.5, 0.6) is 11.6 Å². The number of rotatable bonds is 6. The maximum absolute atomic E-state index is 12.3. The van der Waals surface area contributed by atoms with Gasteiger partial charge >= 0.3 is 6.18 Å². The number of carbonyl (C=O) groups excluding carboxylic acids is 1. The third-order valence-electron chi connectivity index (χ3n) is 3.08. The number of ether oxygens (including phenoxy) is 2. The predicted octanol–water partition coefficient (Wildman–Crippen LogP) is 3.72. The third kappa shape index (κ3) is 5.63. The second kappa shape index (κ2) is 8.19. The van der Waals surface area contributed by atoms with E-state index in [0.29, 0.717) is 21.3 Å². The molecule has 0 aliphatic heterocycles. The average molecular weight is 419 g/mol. The van der Waals surface area contributed by atoms with Gasteiger partial charge in [0, 0.05) is 22.8 Å². The first-order valence-corrected chi connectivity index (χ1v) is 7.84. The summed E-state index contributed by atoms with van der Waals surface area (Å²) in [6, 6.07) is 7.97. The Morgan fingerprint density at radius 2 is 2.08 bits per heavy atom. The number of nitrogens with zero attached hydrogens (tertiary/aromatic N) is 1. The summed E-state index contributed by atoms with van der Waals surface area (Å²) in [6.07, 6.45) is -3.15. The number of pyridine rings is 1. The van der Waals surface area contributed by atoms with Gasteiger partial charge in [-0.3, -0.25) is 4.79 Å². The fourth-order valence-corrected chi connectivity index (χ4v) is 2.34. The molecule has 0 saturated carbocycles. The quantitative estimate of drug-likeness (QED) is 0.776. The number of carbonyl (C=O) groups is 1. The maximum Gasteiger partial charge on any atom is 0.422 e. The molecule has 0 atom stereocenters. The van der Waals surface area contributed by atoms with Gasteiger partial charge in [0.15, 0.2) is 6.61 Å². The van der Waals surface area contributed by atoms with Crippen LogP contribution in [0.15, 0.2) is 41.0 Å². The molecule has 0 aliphatic carbocycles. The van der Waals surface area contributed by atoms with Crippen LogP contribution in [0.4, 0.5) is 13.2 Å². The summed E-state index contributed by atoms with van der Waals surface area (Å²) in [6.45, 7) is -1.49. The standard InChI is InChI=1S/C16H14BrF3N2O3/c1-24-11-4-5-13(17)12(7-11)14(23)22-8-10-3-2-6-21-15(10)25-9-16(18,19)20/h2-7H,8-9H2,1H3,(H,22,23). The smallest absolute Gasteiger partial charge is 0.422 e. The van der Waals surface area contributed by atoms with Crippen molar-refractivity contribution >= 4 is 21.8 Å². The zero-order valence-electron chi connectivity index (χ0n) is 13.1. The zero-order chi connectivity index (χ0) is 18.4. The van der Waals surface area contributed by atoms with Crippen LogP contribution in [-0.4, -0.2) is 30.8 Å². The van der Waals surface area contributed by atoms with Gasteiger partial charge in [0.1, 0.15) is 5.75 Å². The molecule has 1 heterocycles. The molecule has 0 aliphatic rings. The lowest BCUT2D eigenvalue weighted by Gasteiger charge is -2.13. The fraction of sp³-hybridized carbons (Fsp3) is 0.250. The normalized spacial score (nSPS) is 11.1. The molecule has 2 rings (SSSR count). The second-order valence-corrected chi connectivity index (χ2v) is 5.75. The van der Waals surface area contributed by atoms with Gasteiger partial charge in [0.05, 0.1) is 12.7 Å². The van der Waals surface area contributed by atoms with Gasteiger partial charge in [0.25, 0.3) is 5.91 Å². The van der Waals surface area contributed by atoms with Crippen LogP contribution >= 0.6 is 15.9 Å². The second-order valence-electron chi connectivity index (χ2n) is 4.90. The number of nitrogens with one attached hydrogen (secondary N) is 1. The third-order valence-corrected chi connectivity index (χ3v) is 3.77. The molecule has 1 N–H and O–H groups in total. The van der Waals surface area contributed by atoms with Crippen LogP contribution in [0.2, 0.25) is 0 Å². The van der Waals surface area contributed by atoms with Crippen molar-refractivity contribution in [2.75, 3.05) is 13.7 Å². The van der Waals surface area contributed by atoms with Crippen molar-refractivity contribution in [1.82, 2.24) is 10.3 Å². The predicted molar refractivity (Wildman–Crippen MR) is 87.7 cm³/mol. The van der Waals surface area contributed by atoms with E-state index in [1.165, 1.54) is 19.4 Å². The molecule has 1 amide bonds. The van der Waals surface area contributed by atoms with Crippen LogP contribution in [0.3, 0.4) is 0 Å². The number of hydrogen-bond acceptors (Lipinski definition) is 4. The molecule has 0 bridgehead atoms. The molecule has 1 aromatic carbocycles. The first kappa shape index (κ1) is 19.0. The molecule has 25 heavy (non-hydrogen) atoms. The summed E-state index contributed by atoms with van der Waals surface area (Å²) in [5, 5.41) is 2.62. The lowest BCUT2D eigenvalue weighted by atomic mass is 10.2. The molecule has 0 spiro atoms. The van der Waals surface area contributed by atoms with Crippen LogP contribution < -0.4 is 14.8 Å². The average Bonchev–Trinajstić information content (AvgIpc) is 2.58. The van der Waals surface area contributed by atoms with Gasteiger partial charge in [-0.25, -0.2) is 4.98 Å². The van der Waals surface area contributed by atoms with Crippen molar-refractivity contribution in [2.24, 2.45) is 0 Å². The van der Waals surface area contributed by atoms with E-state index < -0.39 is 18.7 Å². The summed E-state index contributed by atoms with van der Waals surface area (Å²) in [4.78, 5) is 16.1. The van der Waals surface area contributed by atoms with Gasteiger partial charge < -0.3 is 14.8 Å². The monoisotopic (exact) mass is 418 g/mol. The highest BCUT2D eigenvalue weighted by molar-refractivity contribution is 9.10. The van der Waals surface area contributed by atoms with E-state index in [-0.39, 0.29) is 12.4 Å². The van der Waals surface area contributed by atoms with Gasteiger partial charge in [-0.1, -0.05) is 6.07 Å². The number of benzene rings is 1. The molecule has 1 aromatic heterocycles. The summed E-state index contributed by atoms with van der Waals surface area (Å²) in [7, 11) is 1.48. The highest BCUT2D eigenvalue weighted by atomic mass is 79.9. The van der Waals surface area contributed by atoms with E-state index in [1.54, 1.807) is 24.3 Å². The van der Waals surface area contributed by atoms with Gasteiger partial charge in [-0.2, -0.15) is 13.2 Å². The summed E-state index contributed by atoms with van der Waals surface area (Å²) in [5.41, 5.74) is 0.667. The zero-order valence-corrected chi connectivity index (χ0v) is 14.6. The van der Waals surface area contributed by atoms with Gasteiger partial charge in [-0.05, 0) is 40.2 Å². The van der Waals surface area contributed by atoms with Gasteiger partial charge in [-0.15, -0.1) is 0 Å². The molecule has 0 fully saturated rings. The van der Waals surface area contributed by atoms with Crippen molar-refractivity contribution in [3.05, 3.63) is 52.1 Å². The summed E-state index contributed by atoms with van der Waals surface area (Å²) >= 11 is 3.27. The van der Waals surface area contributed by atoms with Crippen LogP contribution in [0, 0.1) is 0 Å². The Hall–Kier alpha value is -2.29. The van der Waals surface area contributed by atoms with E-state index in [9.17, 15) is 18.0 Å². The Labute approximate surface area is 150 Å². The number of alkyl halides is 3. The minimum absolute atomic E-state index is 0.0382. The minimum atomic E-state index is -4.47. The van der Waals surface area contributed by atoms with E-state index in [1.807, 2.05) is 0 Å². The minimum Gasteiger partial charge on any atom is -0.497 e. The summed E-state index contributed by atoms with van der Waals surface area (Å²) < 4.78 is 47.2. The van der Waals surface area contributed by atoms with Crippen molar-refractivity contribution in [2.45, 2.75) is 12.7 Å². The number of amides is 1. The van der Waals surface area contributed by atoms with E-state index in [0.717, 1.165) is 0 Å². The molecule has 0 unspecified atom stereocenters. The lowest BCUT2D eigenvalue weighted by molar-refractivity contribution is -0.154. The fourth-order valence-electron chi connectivity index (χ4n) is 1.91. The first-order chi connectivity index (χ1) is 11.8. The largest absolute Gasteiger partial charge is 0.497 e. The van der Waals surface area contributed by atoms with Crippen LogP contribution in [0.25, 0.3) is 0 Å². The number of aromatic nitrogens is 1. The van der Waals surface area contributed by atoms with Crippen molar-refractivity contribution in [3.8, 4) is 11.6 Å². The van der Waals surface area contributed by atoms with Crippen molar-refractivity contribution in [1.29, 1.82) is 0 Å². The number of hydrogen-bond donors (Lipinski definition) is 1.